The van der Waals surface area contributed by atoms with Gasteiger partial charge in [-0.15, -0.1) is 0 Å². The Bertz CT molecular complexity index is 868. The van der Waals surface area contributed by atoms with E-state index in [-0.39, 0.29) is 11.7 Å². The number of pyridine rings is 1. The van der Waals surface area contributed by atoms with E-state index >= 15 is 0 Å². The second-order valence-corrected chi connectivity index (χ2v) is 5.10. The summed E-state index contributed by atoms with van der Waals surface area (Å²) in [6.45, 7) is 1.84. The second-order valence-electron chi connectivity index (χ2n) is 5.10. The first kappa shape index (κ1) is 15.6. The van der Waals surface area contributed by atoms with Gasteiger partial charge in [-0.1, -0.05) is 0 Å². The number of benzene rings is 1. The number of amides is 1. The van der Waals surface area contributed by atoms with Crippen LogP contribution in [-0.2, 0) is 0 Å². The van der Waals surface area contributed by atoms with Gasteiger partial charge in [0.05, 0.1) is 11.8 Å². The number of furan rings is 1. The normalized spacial score (nSPS) is 10.9. The van der Waals surface area contributed by atoms with Crippen LogP contribution in [0.25, 0.3) is 11.3 Å². The fraction of sp³-hybridized carbons (Fsp3) is 0.0556. The SMILES string of the molecule is Cc1ccc(C(=O)N/N=C\c2ccc(-c3ccc(F)cc3)o2)cn1. The molecule has 6 heteroatoms. The summed E-state index contributed by atoms with van der Waals surface area (Å²) < 4.78 is 18.5. The highest BCUT2D eigenvalue weighted by atomic mass is 19.1. The van der Waals surface area contributed by atoms with Crippen LogP contribution in [0.4, 0.5) is 4.39 Å². The van der Waals surface area contributed by atoms with Crippen LogP contribution in [0.1, 0.15) is 21.8 Å². The summed E-state index contributed by atoms with van der Waals surface area (Å²) in [6, 6.07) is 12.9. The van der Waals surface area contributed by atoms with E-state index in [1.807, 2.05) is 6.92 Å². The van der Waals surface area contributed by atoms with Crippen LogP contribution in [0.2, 0.25) is 0 Å². The zero-order valence-electron chi connectivity index (χ0n) is 12.9. The predicted octanol–water partition coefficient (Wildman–Crippen LogP) is 3.55. The lowest BCUT2D eigenvalue weighted by molar-refractivity contribution is 0.0954. The Morgan fingerprint density at radius 2 is 1.96 bits per heavy atom. The Kier molecular flexibility index (Phi) is 4.47. The summed E-state index contributed by atoms with van der Waals surface area (Å²) in [6.07, 6.45) is 2.88. The van der Waals surface area contributed by atoms with Gasteiger partial charge in [-0.3, -0.25) is 9.78 Å². The van der Waals surface area contributed by atoms with Crippen LogP contribution < -0.4 is 5.43 Å². The first-order valence-corrected chi connectivity index (χ1v) is 7.24. The molecule has 24 heavy (non-hydrogen) atoms. The molecule has 3 rings (SSSR count). The third-order valence-electron chi connectivity index (χ3n) is 3.29. The first-order chi connectivity index (χ1) is 11.6. The van der Waals surface area contributed by atoms with Gasteiger partial charge in [0, 0.05) is 17.5 Å². The van der Waals surface area contributed by atoms with Gasteiger partial charge in [0.1, 0.15) is 17.3 Å². The molecule has 1 amide bonds. The minimum atomic E-state index is -0.357. The number of rotatable bonds is 4. The fourth-order valence-corrected chi connectivity index (χ4v) is 2.01. The minimum absolute atomic E-state index is 0.305. The lowest BCUT2D eigenvalue weighted by atomic mass is 10.2. The summed E-state index contributed by atoms with van der Waals surface area (Å²) in [4.78, 5) is 15.9. The van der Waals surface area contributed by atoms with E-state index in [2.05, 4.69) is 15.5 Å². The Morgan fingerprint density at radius 3 is 2.67 bits per heavy atom. The van der Waals surface area contributed by atoms with Crippen LogP contribution in [0.15, 0.2) is 64.2 Å². The van der Waals surface area contributed by atoms with Crippen LogP contribution in [0, 0.1) is 12.7 Å². The van der Waals surface area contributed by atoms with E-state index < -0.39 is 0 Å². The molecule has 0 aliphatic carbocycles. The van der Waals surface area contributed by atoms with Crippen LogP contribution >= 0.6 is 0 Å². The highest BCUT2D eigenvalue weighted by Crippen LogP contribution is 2.21. The van der Waals surface area contributed by atoms with Gasteiger partial charge in [0.25, 0.3) is 5.91 Å². The molecule has 0 aliphatic heterocycles. The summed E-state index contributed by atoms with van der Waals surface area (Å²) in [7, 11) is 0. The standard InChI is InChI=1S/C18H14FN3O2/c1-12-2-3-14(10-20-12)18(23)22-21-11-16-8-9-17(24-16)13-4-6-15(19)7-5-13/h2-11H,1H3,(H,22,23)/b21-11-. The highest BCUT2D eigenvalue weighted by molar-refractivity contribution is 5.94. The summed E-state index contributed by atoms with van der Waals surface area (Å²) >= 11 is 0. The van der Waals surface area contributed by atoms with Gasteiger partial charge >= 0.3 is 0 Å². The Morgan fingerprint density at radius 1 is 1.17 bits per heavy atom. The van der Waals surface area contributed by atoms with Crippen molar-refractivity contribution in [3.63, 3.8) is 0 Å². The predicted molar refractivity (Wildman–Crippen MR) is 88.1 cm³/mol. The number of hydrazone groups is 1. The molecule has 0 radical (unpaired) electrons. The van der Waals surface area contributed by atoms with Crippen molar-refractivity contribution in [2.24, 2.45) is 5.10 Å². The Labute approximate surface area is 137 Å². The maximum Gasteiger partial charge on any atom is 0.272 e. The number of carbonyl (C=O) groups excluding carboxylic acids is 1. The van der Waals surface area contributed by atoms with Gasteiger partial charge in [0.2, 0.25) is 0 Å². The third-order valence-corrected chi connectivity index (χ3v) is 3.29. The van der Waals surface area contributed by atoms with E-state index in [0.717, 1.165) is 11.3 Å². The molecule has 0 unspecified atom stereocenters. The lowest BCUT2D eigenvalue weighted by Gasteiger charge is -1.99. The van der Waals surface area contributed by atoms with Crippen LogP contribution in [0.3, 0.4) is 0 Å². The molecule has 0 fully saturated rings. The van der Waals surface area contributed by atoms with Crippen molar-refractivity contribution in [1.29, 1.82) is 0 Å². The molecule has 0 saturated heterocycles. The Hall–Kier alpha value is -3.28. The van der Waals surface area contributed by atoms with Crippen molar-refractivity contribution in [2.45, 2.75) is 6.92 Å². The molecule has 0 aliphatic rings. The van der Waals surface area contributed by atoms with Gasteiger partial charge in [0.15, 0.2) is 0 Å². The summed E-state index contributed by atoms with van der Waals surface area (Å²) in [5.74, 6) is 0.395. The monoisotopic (exact) mass is 323 g/mol. The number of hydrogen-bond acceptors (Lipinski definition) is 4. The fourth-order valence-electron chi connectivity index (χ4n) is 2.01. The third kappa shape index (κ3) is 3.73. The lowest BCUT2D eigenvalue weighted by Crippen LogP contribution is -2.17. The van der Waals surface area contributed by atoms with E-state index in [0.29, 0.717) is 17.1 Å². The van der Waals surface area contributed by atoms with Crippen molar-refractivity contribution >= 4 is 12.1 Å². The average molecular weight is 323 g/mol. The van der Waals surface area contributed by atoms with Gasteiger partial charge in [-0.2, -0.15) is 5.10 Å². The Balaban J connectivity index is 1.64. The molecule has 0 bridgehead atoms. The van der Waals surface area contributed by atoms with Crippen LogP contribution in [-0.4, -0.2) is 17.1 Å². The van der Waals surface area contributed by atoms with E-state index in [1.165, 1.54) is 24.5 Å². The van der Waals surface area contributed by atoms with Gasteiger partial charge < -0.3 is 4.42 Å². The molecule has 3 aromatic rings. The van der Waals surface area contributed by atoms with E-state index in [4.69, 9.17) is 4.42 Å². The summed E-state index contributed by atoms with van der Waals surface area (Å²) in [5.41, 5.74) is 4.41. The minimum Gasteiger partial charge on any atom is -0.455 e. The first-order valence-electron chi connectivity index (χ1n) is 7.24. The molecular formula is C18H14FN3O2. The molecule has 1 N–H and O–H groups in total. The molecule has 0 saturated carbocycles. The smallest absolute Gasteiger partial charge is 0.272 e. The van der Waals surface area contributed by atoms with Crippen molar-refractivity contribution < 1.29 is 13.6 Å². The quantitative estimate of drug-likeness (QED) is 0.590. The summed E-state index contributed by atoms with van der Waals surface area (Å²) in [5, 5.41) is 3.86. The van der Waals surface area contributed by atoms with E-state index in [1.54, 1.807) is 36.4 Å². The van der Waals surface area contributed by atoms with Crippen molar-refractivity contribution in [3.8, 4) is 11.3 Å². The molecule has 2 heterocycles. The maximum absolute atomic E-state index is 12.9. The highest BCUT2D eigenvalue weighted by Gasteiger charge is 2.05. The average Bonchev–Trinajstić information content (AvgIpc) is 3.05. The zero-order valence-corrected chi connectivity index (χ0v) is 12.9. The number of nitrogens with one attached hydrogen (secondary N) is 1. The van der Waals surface area contributed by atoms with Crippen molar-refractivity contribution in [1.82, 2.24) is 10.4 Å². The molecule has 0 spiro atoms. The number of aromatic nitrogens is 1. The molecule has 120 valence electrons. The molecule has 2 aromatic heterocycles. The molecule has 0 atom stereocenters. The number of nitrogens with zero attached hydrogens (tertiary/aromatic N) is 2. The van der Waals surface area contributed by atoms with Gasteiger partial charge in [-0.25, -0.2) is 9.82 Å². The topological polar surface area (TPSA) is 67.5 Å². The molecule has 1 aromatic carbocycles. The number of aryl methyl sites for hydroxylation is 1. The maximum atomic E-state index is 12.9. The van der Waals surface area contributed by atoms with Gasteiger partial charge in [-0.05, 0) is 55.5 Å². The van der Waals surface area contributed by atoms with Crippen molar-refractivity contribution in [3.05, 3.63) is 77.6 Å². The zero-order chi connectivity index (χ0) is 16.9. The largest absolute Gasteiger partial charge is 0.455 e. The van der Waals surface area contributed by atoms with E-state index in [9.17, 15) is 9.18 Å². The van der Waals surface area contributed by atoms with Crippen molar-refractivity contribution in [2.75, 3.05) is 0 Å². The second kappa shape index (κ2) is 6.87. The number of halogens is 1. The van der Waals surface area contributed by atoms with Crippen LogP contribution in [0.5, 0.6) is 0 Å². The molecular weight excluding hydrogens is 309 g/mol. The number of carbonyl (C=O) groups is 1. The molecule has 5 nitrogen and oxygen atoms in total. The number of hydrogen-bond donors (Lipinski definition) is 1.